The van der Waals surface area contributed by atoms with Crippen LogP contribution in [0.2, 0.25) is 5.02 Å². The van der Waals surface area contributed by atoms with E-state index >= 15 is 0 Å². The van der Waals surface area contributed by atoms with E-state index in [1.165, 1.54) is 0 Å². The number of carbonyl (C=O) groups excluding carboxylic acids is 2. The summed E-state index contributed by atoms with van der Waals surface area (Å²) in [6, 6.07) is 15.2. The molecule has 24 heavy (non-hydrogen) atoms. The molecule has 2 aromatic rings. The Labute approximate surface area is 146 Å². The summed E-state index contributed by atoms with van der Waals surface area (Å²) in [6.07, 6.45) is 0.504. The van der Waals surface area contributed by atoms with Crippen LogP contribution < -0.4 is 10.2 Å². The third kappa shape index (κ3) is 3.44. The molecule has 0 bridgehead atoms. The molecule has 1 saturated heterocycles. The fourth-order valence-electron chi connectivity index (χ4n) is 2.90. The zero-order chi connectivity index (χ0) is 17.1. The van der Waals surface area contributed by atoms with Crippen molar-refractivity contribution in [3.05, 3.63) is 64.7 Å². The van der Waals surface area contributed by atoms with Crippen LogP contribution in [0.25, 0.3) is 0 Å². The summed E-state index contributed by atoms with van der Waals surface area (Å²) < 4.78 is 0. The van der Waals surface area contributed by atoms with Gasteiger partial charge in [-0.05, 0) is 36.6 Å². The van der Waals surface area contributed by atoms with Gasteiger partial charge in [-0.25, -0.2) is 0 Å². The Morgan fingerprint density at radius 2 is 2.00 bits per heavy atom. The molecule has 0 spiro atoms. The lowest BCUT2D eigenvalue weighted by molar-refractivity contribution is -0.132. The van der Waals surface area contributed by atoms with Gasteiger partial charge in [-0.15, -0.1) is 0 Å². The number of halogens is 1. The minimum Gasteiger partial charge on any atom is -0.351 e. The Balaban J connectivity index is 1.67. The average Bonchev–Trinajstić information content (AvgIpc) is 2.97. The predicted molar refractivity (Wildman–Crippen MR) is 94.9 cm³/mol. The summed E-state index contributed by atoms with van der Waals surface area (Å²) in [7, 11) is 0. The fraction of sp³-hybridized carbons (Fsp3) is 0.263. The highest BCUT2D eigenvalue weighted by molar-refractivity contribution is 6.34. The molecule has 0 saturated carbocycles. The predicted octanol–water partition coefficient (Wildman–Crippen LogP) is 3.32. The highest BCUT2D eigenvalue weighted by atomic mass is 35.5. The highest BCUT2D eigenvalue weighted by Gasteiger charge is 2.38. The molecule has 2 aromatic carbocycles. The van der Waals surface area contributed by atoms with Crippen molar-refractivity contribution in [2.24, 2.45) is 5.92 Å². The molecule has 3 rings (SSSR count). The first kappa shape index (κ1) is 16.5. The standard InChI is InChI=1S/C19H19ClN2O2/c1-13-7-8-16(20)17(11-13)22-10-9-15(19(22)24)18(23)21-12-14-5-3-2-4-6-14/h2-8,11,15H,9-10,12H2,1H3,(H,21,23)/t15-/m1/s1. The minimum atomic E-state index is -0.648. The summed E-state index contributed by atoms with van der Waals surface area (Å²) in [5.74, 6) is -1.06. The van der Waals surface area contributed by atoms with E-state index in [1.807, 2.05) is 49.4 Å². The Morgan fingerprint density at radius 1 is 1.25 bits per heavy atom. The lowest BCUT2D eigenvalue weighted by Gasteiger charge is -2.18. The summed E-state index contributed by atoms with van der Waals surface area (Å²) >= 11 is 6.22. The first-order chi connectivity index (χ1) is 11.6. The van der Waals surface area contributed by atoms with Crippen LogP contribution in [0.4, 0.5) is 5.69 Å². The highest BCUT2D eigenvalue weighted by Crippen LogP contribution is 2.32. The number of carbonyl (C=O) groups is 2. The van der Waals surface area contributed by atoms with Gasteiger partial charge in [-0.1, -0.05) is 48.0 Å². The molecule has 1 fully saturated rings. The van der Waals surface area contributed by atoms with Gasteiger partial charge in [0, 0.05) is 13.1 Å². The van der Waals surface area contributed by atoms with Crippen LogP contribution >= 0.6 is 11.6 Å². The first-order valence-corrected chi connectivity index (χ1v) is 8.33. The van der Waals surface area contributed by atoms with Crippen LogP contribution in [0.3, 0.4) is 0 Å². The normalized spacial score (nSPS) is 17.2. The maximum Gasteiger partial charge on any atom is 0.239 e. The minimum absolute atomic E-state index is 0.187. The van der Waals surface area contributed by atoms with E-state index in [1.54, 1.807) is 11.0 Å². The van der Waals surface area contributed by atoms with Gasteiger partial charge in [0.25, 0.3) is 0 Å². The molecule has 1 heterocycles. The second kappa shape index (κ2) is 7.05. The molecule has 0 aromatic heterocycles. The van der Waals surface area contributed by atoms with E-state index < -0.39 is 5.92 Å². The summed E-state index contributed by atoms with van der Waals surface area (Å²) in [5.41, 5.74) is 2.72. The molecule has 1 aliphatic heterocycles. The van der Waals surface area contributed by atoms with E-state index in [0.717, 1.165) is 11.1 Å². The number of nitrogens with zero attached hydrogens (tertiary/aromatic N) is 1. The van der Waals surface area contributed by atoms with Gasteiger partial charge in [0.1, 0.15) is 5.92 Å². The zero-order valence-electron chi connectivity index (χ0n) is 13.5. The molecule has 4 nitrogen and oxygen atoms in total. The van der Waals surface area contributed by atoms with Crippen LogP contribution in [0.5, 0.6) is 0 Å². The topological polar surface area (TPSA) is 49.4 Å². The molecule has 1 aliphatic rings. The monoisotopic (exact) mass is 342 g/mol. The molecule has 0 radical (unpaired) electrons. The fourth-order valence-corrected chi connectivity index (χ4v) is 3.12. The number of amides is 2. The average molecular weight is 343 g/mol. The number of hydrogen-bond donors (Lipinski definition) is 1. The Kier molecular flexibility index (Phi) is 4.86. The van der Waals surface area contributed by atoms with Crippen LogP contribution in [0.15, 0.2) is 48.5 Å². The van der Waals surface area contributed by atoms with Crippen LogP contribution in [-0.2, 0) is 16.1 Å². The maximum atomic E-state index is 12.6. The number of benzene rings is 2. The third-order valence-electron chi connectivity index (χ3n) is 4.22. The van der Waals surface area contributed by atoms with Crippen molar-refractivity contribution in [3.8, 4) is 0 Å². The van der Waals surface area contributed by atoms with Crippen molar-refractivity contribution in [1.29, 1.82) is 0 Å². The number of anilines is 1. The molecule has 0 aliphatic carbocycles. The molecule has 1 atom stereocenters. The molecule has 1 N–H and O–H groups in total. The summed E-state index contributed by atoms with van der Waals surface area (Å²) in [6.45, 7) is 2.88. The second-order valence-corrected chi connectivity index (χ2v) is 6.40. The summed E-state index contributed by atoms with van der Waals surface area (Å²) in [5, 5.41) is 3.38. The number of nitrogens with one attached hydrogen (secondary N) is 1. The van der Waals surface area contributed by atoms with Gasteiger partial charge >= 0.3 is 0 Å². The Hall–Kier alpha value is -2.33. The maximum absolute atomic E-state index is 12.6. The quantitative estimate of drug-likeness (QED) is 0.866. The van der Waals surface area contributed by atoms with E-state index in [9.17, 15) is 9.59 Å². The van der Waals surface area contributed by atoms with Gasteiger partial charge in [0.15, 0.2) is 0 Å². The van der Waals surface area contributed by atoms with Crippen LogP contribution in [-0.4, -0.2) is 18.4 Å². The van der Waals surface area contributed by atoms with Crippen molar-refractivity contribution in [3.63, 3.8) is 0 Å². The number of hydrogen-bond acceptors (Lipinski definition) is 2. The van der Waals surface area contributed by atoms with Gasteiger partial charge in [0.05, 0.1) is 10.7 Å². The van der Waals surface area contributed by atoms with Crippen molar-refractivity contribution in [2.45, 2.75) is 19.9 Å². The van der Waals surface area contributed by atoms with Gasteiger partial charge in [-0.3, -0.25) is 9.59 Å². The van der Waals surface area contributed by atoms with Crippen molar-refractivity contribution >= 4 is 29.1 Å². The van der Waals surface area contributed by atoms with E-state index in [-0.39, 0.29) is 11.8 Å². The number of rotatable bonds is 4. The lowest BCUT2D eigenvalue weighted by atomic mass is 10.1. The van der Waals surface area contributed by atoms with Gasteiger partial charge in [0.2, 0.25) is 11.8 Å². The smallest absolute Gasteiger partial charge is 0.239 e. The SMILES string of the molecule is Cc1ccc(Cl)c(N2CC[C@H](C(=O)NCc3ccccc3)C2=O)c1. The van der Waals surface area contributed by atoms with Crippen LogP contribution in [0.1, 0.15) is 17.5 Å². The largest absolute Gasteiger partial charge is 0.351 e. The molecule has 124 valence electrons. The van der Waals surface area contributed by atoms with E-state index in [4.69, 9.17) is 11.6 Å². The van der Waals surface area contributed by atoms with Crippen molar-refractivity contribution < 1.29 is 9.59 Å². The second-order valence-electron chi connectivity index (χ2n) is 5.99. The third-order valence-corrected chi connectivity index (χ3v) is 4.54. The van der Waals surface area contributed by atoms with Gasteiger partial charge < -0.3 is 10.2 Å². The van der Waals surface area contributed by atoms with Crippen molar-refractivity contribution in [1.82, 2.24) is 5.32 Å². The summed E-state index contributed by atoms with van der Waals surface area (Å²) in [4.78, 5) is 26.6. The van der Waals surface area contributed by atoms with Gasteiger partial charge in [-0.2, -0.15) is 0 Å². The molecular weight excluding hydrogens is 324 g/mol. The lowest BCUT2D eigenvalue weighted by Crippen LogP contribution is -2.36. The molecule has 5 heteroatoms. The number of aryl methyl sites for hydroxylation is 1. The van der Waals surface area contributed by atoms with E-state index in [2.05, 4.69) is 5.32 Å². The van der Waals surface area contributed by atoms with E-state index in [0.29, 0.717) is 30.2 Å². The Bertz CT molecular complexity index is 761. The first-order valence-electron chi connectivity index (χ1n) is 7.95. The van der Waals surface area contributed by atoms with Crippen LogP contribution in [0, 0.1) is 12.8 Å². The zero-order valence-corrected chi connectivity index (χ0v) is 14.2. The van der Waals surface area contributed by atoms with Crippen molar-refractivity contribution in [2.75, 3.05) is 11.4 Å². The molecular formula is C19H19ClN2O2. The molecule has 2 amide bonds. The Morgan fingerprint density at radius 3 is 2.75 bits per heavy atom. The molecule has 0 unspecified atom stereocenters.